The van der Waals surface area contributed by atoms with Crippen molar-refractivity contribution >= 4 is 12.0 Å². The van der Waals surface area contributed by atoms with Crippen molar-refractivity contribution in [1.82, 2.24) is 4.90 Å². The maximum absolute atomic E-state index is 12.7. The van der Waals surface area contributed by atoms with E-state index in [0.717, 1.165) is 10.5 Å². The highest BCUT2D eigenvalue weighted by molar-refractivity contribution is 5.96. The number of nitrogens with zero attached hydrogens (tertiary/aromatic N) is 1. The topological polar surface area (TPSA) is 76.1 Å². The molecule has 0 saturated carbocycles. The fourth-order valence-corrected chi connectivity index (χ4v) is 2.64. The molecule has 0 bridgehead atoms. The Hall–Kier alpha value is -1.92. The first-order valence-electron chi connectivity index (χ1n) is 7.70. The van der Waals surface area contributed by atoms with Gasteiger partial charge in [0.15, 0.2) is 6.10 Å². The van der Waals surface area contributed by atoms with Gasteiger partial charge in [0.1, 0.15) is 6.61 Å². The second-order valence-corrected chi connectivity index (χ2v) is 6.02. The van der Waals surface area contributed by atoms with E-state index >= 15 is 0 Å². The molecule has 1 heterocycles. The summed E-state index contributed by atoms with van der Waals surface area (Å²) < 4.78 is 10.2. The summed E-state index contributed by atoms with van der Waals surface area (Å²) in [6.07, 6.45) is -2.25. The molecular formula is C17H23NO5. The first-order chi connectivity index (χ1) is 11.0. The predicted molar refractivity (Wildman–Crippen MR) is 83.8 cm³/mol. The monoisotopic (exact) mass is 321 g/mol. The maximum Gasteiger partial charge on any atom is 0.417 e. The Morgan fingerprint density at radius 1 is 1.39 bits per heavy atom. The molecule has 2 amide bonds. The van der Waals surface area contributed by atoms with Gasteiger partial charge in [0.05, 0.1) is 12.1 Å². The van der Waals surface area contributed by atoms with E-state index in [2.05, 4.69) is 0 Å². The van der Waals surface area contributed by atoms with Gasteiger partial charge >= 0.3 is 6.09 Å². The number of rotatable bonds is 6. The van der Waals surface area contributed by atoms with Crippen LogP contribution in [0, 0.1) is 5.92 Å². The lowest BCUT2D eigenvalue weighted by molar-refractivity contribution is -0.148. The number of carbonyl (C=O) groups is 2. The summed E-state index contributed by atoms with van der Waals surface area (Å²) in [6.45, 7) is 3.72. The first-order valence-corrected chi connectivity index (χ1v) is 7.70. The van der Waals surface area contributed by atoms with Crippen LogP contribution in [0.15, 0.2) is 30.3 Å². The highest BCUT2D eigenvalue weighted by atomic mass is 16.6. The Balaban J connectivity index is 2.16. The number of methoxy groups -OCH3 is 1. The van der Waals surface area contributed by atoms with E-state index in [-0.39, 0.29) is 12.5 Å². The van der Waals surface area contributed by atoms with Crippen LogP contribution in [0.1, 0.15) is 19.4 Å². The van der Waals surface area contributed by atoms with E-state index in [9.17, 15) is 14.7 Å². The van der Waals surface area contributed by atoms with Crippen LogP contribution in [0.5, 0.6) is 0 Å². The van der Waals surface area contributed by atoms with Crippen molar-refractivity contribution in [2.75, 3.05) is 13.7 Å². The van der Waals surface area contributed by atoms with E-state index < -0.39 is 30.3 Å². The number of ether oxygens (including phenoxy) is 2. The molecule has 1 N–H and O–H groups in total. The van der Waals surface area contributed by atoms with Crippen LogP contribution in [0.25, 0.3) is 0 Å². The Kier molecular flexibility index (Phi) is 5.74. The number of hydrogen-bond donors (Lipinski definition) is 1. The molecule has 1 fully saturated rings. The minimum atomic E-state index is -1.08. The second-order valence-electron chi connectivity index (χ2n) is 6.02. The lowest BCUT2D eigenvalue weighted by Crippen LogP contribution is -2.51. The van der Waals surface area contributed by atoms with Crippen molar-refractivity contribution in [1.29, 1.82) is 0 Å². The Morgan fingerprint density at radius 3 is 2.61 bits per heavy atom. The zero-order valence-corrected chi connectivity index (χ0v) is 13.6. The zero-order chi connectivity index (χ0) is 17.0. The van der Waals surface area contributed by atoms with Crippen LogP contribution in [0.3, 0.4) is 0 Å². The van der Waals surface area contributed by atoms with Crippen LogP contribution >= 0.6 is 0 Å². The summed E-state index contributed by atoms with van der Waals surface area (Å²) in [6, 6.07) is 9.18. The first kappa shape index (κ1) is 17.4. The number of hydrogen-bond acceptors (Lipinski definition) is 5. The van der Waals surface area contributed by atoms with Gasteiger partial charge in [-0.1, -0.05) is 44.2 Å². The minimum Gasteiger partial charge on any atom is -0.447 e. The molecule has 6 heteroatoms. The van der Waals surface area contributed by atoms with Gasteiger partial charge in [-0.05, 0) is 17.9 Å². The third-order valence-electron chi connectivity index (χ3n) is 4.00. The number of amides is 2. The quantitative estimate of drug-likeness (QED) is 0.861. The number of imide groups is 1. The SMILES string of the molecule is CO[C@@H](C(=O)N1C(=O)OC[C@H]1Cc1ccccc1)[C@H](O)C(C)C. The number of aliphatic hydroxyl groups excluding tert-OH is 1. The van der Waals surface area contributed by atoms with Gasteiger partial charge in [-0.15, -0.1) is 0 Å². The van der Waals surface area contributed by atoms with Crippen molar-refractivity contribution in [2.45, 2.75) is 38.5 Å². The normalized spacial score (nSPS) is 20.5. The molecule has 2 rings (SSSR count). The molecule has 6 nitrogen and oxygen atoms in total. The van der Waals surface area contributed by atoms with Gasteiger partial charge in [-0.3, -0.25) is 4.79 Å². The summed E-state index contributed by atoms with van der Waals surface area (Å²) >= 11 is 0. The molecule has 1 aromatic rings. The Bertz CT molecular complexity index is 545. The molecule has 1 aliphatic heterocycles. The molecule has 0 aromatic heterocycles. The summed E-state index contributed by atoms with van der Waals surface area (Å²) in [5.74, 6) is -0.729. The fraction of sp³-hybridized carbons (Fsp3) is 0.529. The lowest BCUT2D eigenvalue weighted by atomic mass is 9.99. The minimum absolute atomic E-state index is 0.147. The second kappa shape index (κ2) is 7.57. The summed E-state index contributed by atoms with van der Waals surface area (Å²) in [5.41, 5.74) is 1.01. The molecule has 3 atom stereocenters. The summed E-state index contributed by atoms with van der Waals surface area (Å²) in [5, 5.41) is 10.2. The van der Waals surface area contributed by atoms with Gasteiger partial charge < -0.3 is 14.6 Å². The fourth-order valence-electron chi connectivity index (χ4n) is 2.64. The molecule has 1 aromatic carbocycles. The van der Waals surface area contributed by atoms with Crippen LogP contribution < -0.4 is 0 Å². The highest BCUT2D eigenvalue weighted by Gasteiger charge is 2.43. The third kappa shape index (κ3) is 3.89. The smallest absolute Gasteiger partial charge is 0.417 e. The van der Waals surface area contributed by atoms with Crippen LogP contribution in [0.4, 0.5) is 4.79 Å². The molecule has 0 spiro atoms. The van der Waals surface area contributed by atoms with Crippen LogP contribution in [0.2, 0.25) is 0 Å². The average molecular weight is 321 g/mol. The number of cyclic esters (lactones) is 1. The van der Waals surface area contributed by atoms with Crippen LogP contribution in [-0.4, -0.2) is 54.0 Å². The third-order valence-corrected chi connectivity index (χ3v) is 4.00. The Labute approximate surface area is 136 Å². The van der Waals surface area contributed by atoms with E-state index in [0.29, 0.717) is 6.42 Å². The van der Waals surface area contributed by atoms with Crippen molar-refractivity contribution in [3.63, 3.8) is 0 Å². The van der Waals surface area contributed by atoms with Gasteiger partial charge in [0.2, 0.25) is 0 Å². The van der Waals surface area contributed by atoms with Crippen molar-refractivity contribution < 1.29 is 24.2 Å². The molecule has 1 aliphatic rings. The number of aliphatic hydroxyl groups is 1. The van der Waals surface area contributed by atoms with Crippen molar-refractivity contribution in [3.8, 4) is 0 Å². The van der Waals surface area contributed by atoms with Gasteiger partial charge in [-0.25, -0.2) is 9.69 Å². The lowest BCUT2D eigenvalue weighted by Gasteiger charge is -2.28. The molecule has 1 saturated heterocycles. The zero-order valence-electron chi connectivity index (χ0n) is 13.6. The van der Waals surface area contributed by atoms with E-state index in [1.54, 1.807) is 13.8 Å². The highest BCUT2D eigenvalue weighted by Crippen LogP contribution is 2.21. The largest absolute Gasteiger partial charge is 0.447 e. The summed E-state index contributed by atoms with van der Waals surface area (Å²) in [7, 11) is 1.35. The van der Waals surface area contributed by atoms with Crippen molar-refractivity contribution in [2.24, 2.45) is 5.92 Å². The standard InChI is InChI=1S/C17H23NO5/c1-11(2)14(19)15(22-3)16(20)18-13(10-23-17(18)21)9-12-7-5-4-6-8-12/h4-8,11,13-15,19H,9-10H2,1-3H3/t13-,14-,15-/m1/s1. The molecule has 0 aliphatic carbocycles. The molecule has 0 unspecified atom stereocenters. The number of benzene rings is 1. The average Bonchev–Trinajstić information content (AvgIpc) is 2.89. The maximum atomic E-state index is 12.7. The predicted octanol–water partition coefficient (Wildman–Crippen LogP) is 1.61. The van der Waals surface area contributed by atoms with Gasteiger partial charge in [0, 0.05) is 7.11 Å². The van der Waals surface area contributed by atoms with Gasteiger partial charge in [0.25, 0.3) is 5.91 Å². The van der Waals surface area contributed by atoms with E-state index in [1.807, 2.05) is 30.3 Å². The van der Waals surface area contributed by atoms with Gasteiger partial charge in [-0.2, -0.15) is 0 Å². The molecule has 0 radical (unpaired) electrons. The molecule has 126 valence electrons. The Morgan fingerprint density at radius 2 is 2.04 bits per heavy atom. The van der Waals surface area contributed by atoms with Crippen LogP contribution in [-0.2, 0) is 20.7 Å². The molecular weight excluding hydrogens is 298 g/mol. The van der Waals surface area contributed by atoms with E-state index in [4.69, 9.17) is 9.47 Å². The molecule has 23 heavy (non-hydrogen) atoms. The van der Waals surface area contributed by atoms with E-state index in [1.165, 1.54) is 7.11 Å². The summed E-state index contributed by atoms with van der Waals surface area (Å²) in [4.78, 5) is 25.7. The number of carbonyl (C=O) groups excluding carboxylic acids is 2. The van der Waals surface area contributed by atoms with Crippen molar-refractivity contribution in [3.05, 3.63) is 35.9 Å².